The third kappa shape index (κ3) is 2.44. The second kappa shape index (κ2) is 4.05. The van der Waals surface area contributed by atoms with Gasteiger partial charge in [-0.3, -0.25) is 0 Å². The number of hydrogen-bond donors (Lipinski definition) is 0. The summed E-state index contributed by atoms with van der Waals surface area (Å²) >= 11 is 0. The zero-order chi connectivity index (χ0) is 8.27. The Morgan fingerprint density at radius 3 is 2.36 bits per heavy atom. The molecule has 1 saturated heterocycles. The van der Waals surface area contributed by atoms with Crippen LogP contribution in [-0.4, -0.2) is 30.7 Å². The zero-order valence-corrected chi connectivity index (χ0v) is 7.52. The fourth-order valence-electron chi connectivity index (χ4n) is 1.73. The van der Waals surface area contributed by atoms with E-state index in [2.05, 4.69) is 11.8 Å². The summed E-state index contributed by atoms with van der Waals surface area (Å²) in [5.74, 6) is 0.331. The molecule has 1 nitrogen and oxygen atoms in total. The Balaban J connectivity index is 2.24. The highest BCUT2D eigenvalue weighted by Gasteiger charge is 2.22. The van der Waals surface area contributed by atoms with Gasteiger partial charge in [-0.25, -0.2) is 4.39 Å². The lowest BCUT2D eigenvalue weighted by molar-refractivity contribution is 0.133. The summed E-state index contributed by atoms with van der Waals surface area (Å²) in [6, 6.07) is 0. The van der Waals surface area contributed by atoms with E-state index in [1.54, 1.807) is 6.92 Å². The van der Waals surface area contributed by atoms with E-state index < -0.39 is 6.17 Å². The number of alkyl halides is 1. The van der Waals surface area contributed by atoms with Crippen molar-refractivity contribution >= 4 is 0 Å². The smallest absolute Gasteiger partial charge is 0.100 e. The molecule has 0 saturated carbocycles. The number of likely N-dealkylation sites (tertiary alicyclic amines) is 1. The van der Waals surface area contributed by atoms with E-state index in [0.29, 0.717) is 5.92 Å². The van der Waals surface area contributed by atoms with Gasteiger partial charge in [-0.2, -0.15) is 0 Å². The molecule has 0 bridgehead atoms. The number of hydrogen-bond acceptors (Lipinski definition) is 1. The van der Waals surface area contributed by atoms with E-state index in [9.17, 15) is 4.39 Å². The van der Waals surface area contributed by atoms with Crippen LogP contribution in [0.2, 0.25) is 0 Å². The summed E-state index contributed by atoms with van der Waals surface area (Å²) in [5.41, 5.74) is 0. The van der Waals surface area contributed by atoms with Crippen molar-refractivity contribution in [2.45, 2.75) is 32.9 Å². The number of halogens is 1. The molecule has 0 aromatic carbocycles. The molecule has 11 heavy (non-hydrogen) atoms. The van der Waals surface area contributed by atoms with E-state index in [0.717, 1.165) is 32.5 Å². The summed E-state index contributed by atoms with van der Waals surface area (Å²) < 4.78 is 12.8. The SMILES string of the molecule is CCN1CCC(C(C)F)CC1. The van der Waals surface area contributed by atoms with Gasteiger partial charge in [0.15, 0.2) is 0 Å². The fraction of sp³-hybridized carbons (Fsp3) is 1.00. The molecule has 1 fully saturated rings. The van der Waals surface area contributed by atoms with Crippen LogP contribution in [0.3, 0.4) is 0 Å². The Bertz CT molecular complexity index is 106. The minimum atomic E-state index is -0.603. The van der Waals surface area contributed by atoms with Crippen molar-refractivity contribution in [1.29, 1.82) is 0 Å². The van der Waals surface area contributed by atoms with E-state index in [1.807, 2.05) is 0 Å². The van der Waals surface area contributed by atoms with Gasteiger partial charge in [-0.15, -0.1) is 0 Å². The van der Waals surface area contributed by atoms with E-state index in [1.165, 1.54) is 0 Å². The highest BCUT2D eigenvalue weighted by Crippen LogP contribution is 2.21. The van der Waals surface area contributed by atoms with Gasteiger partial charge < -0.3 is 4.90 Å². The third-order valence-electron chi connectivity index (χ3n) is 2.73. The first-order valence-corrected chi connectivity index (χ1v) is 4.60. The largest absolute Gasteiger partial charge is 0.304 e. The summed E-state index contributed by atoms with van der Waals surface area (Å²) in [5, 5.41) is 0. The predicted molar refractivity (Wildman–Crippen MR) is 45.4 cm³/mol. The van der Waals surface area contributed by atoms with Crippen molar-refractivity contribution in [3.05, 3.63) is 0 Å². The zero-order valence-electron chi connectivity index (χ0n) is 7.52. The van der Waals surface area contributed by atoms with Crippen LogP contribution in [0, 0.1) is 5.92 Å². The van der Waals surface area contributed by atoms with Crippen LogP contribution in [0.4, 0.5) is 4.39 Å². The van der Waals surface area contributed by atoms with Crippen LogP contribution in [0.5, 0.6) is 0 Å². The van der Waals surface area contributed by atoms with Crippen molar-refractivity contribution in [2.75, 3.05) is 19.6 Å². The summed E-state index contributed by atoms with van der Waals surface area (Å²) in [6.07, 6.45) is 1.49. The number of rotatable bonds is 2. The van der Waals surface area contributed by atoms with Crippen LogP contribution in [0.1, 0.15) is 26.7 Å². The molecule has 0 radical (unpaired) electrons. The minimum Gasteiger partial charge on any atom is -0.304 e. The summed E-state index contributed by atoms with van der Waals surface area (Å²) in [7, 11) is 0. The van der Waals surface area contributed by atoms with Crippen molar-refractivity contribution in [3.8, 4) is 0 Å². The topological polar surface area (TPSA) is 3.24 Å². The Labute approximate surface area is 68.6 Å². The molecule has 66 valence electrons. The van der Waals surface area contributed by atoms with Crippen LogP contribution in [-0.2, 0) is 0 Å². The number of piperidine rings is 1. The molecule has 0 spiro atoms. The number of nitrogens with zero attached hydrogens (tertiary/aromatic N) is 1. The molecular weight excluding hydrogens is 141 g/mol. The second-order valence-corrected chi connectivity index (χ2v) is 3.45. The highest BCUT2D eigenvalue weighted by molar-refractivity contribution is 4.74. The van der Waals surface area contributed by atoms with Crippen LogP contribution < -0.4 is 0 Å². The molecule has 1 heterocycles. The van der Waals surface area contributed by atoms with E-state index in [-0.39, 0.29) is 0 Å². The standard InChI is InChI=1S/C9H18FN/c1-3-11-6-4-9(5-7-11)8(2)10/h8-9H,3-7H2,1-2H3. The molecule has 1 rings (SSSR count). The van der Waals surface area contributed by atoms with Crippen molar-refractivity contribution in [1.82, 2.24) is 4.90 Å². The highest BCUT2D eigenvalue weighted by atomic mass is 19.1. The molecule has 1 unspecified atom stereocenters. The monoisotopic (exact) mass is 159 g/mol. The van der Waals surface area contributed by atoms with Gasteiger partial charge in [0, 0.05) is 0 Å². The second-order valence-electron chi connectivity index (χ2n) is 3.45. The Morgan fingerprint density at radius 2 is 2.00 bits per heavy atom. The van der Waals surface area contributed by atoms with Gasteiger partial charge in [0.05, 0.1) is 0 Å². The van der Waals surface area contributed by atoms with Crippen molar-refractivity contribution in [3.63, 3.8) is 0 Å². The first-order valence-electron chi connectivity index (χ1n) is 4.60. The normalized spacial score (nSPS) is 25.4. The summed E-state index contributed by atoms with van der Waals surface area (Å²) in [6.45, 7) is 7.16. The predicted octanol–water partition coefficient (Wildman–Crippen LogP) is 2.08. The van der Waals surface area contributed by atoms with Gasteiger partial charge in [0.1, 0.15) is 6.17 Å². The van der Waals surface area contributed by atoms with Gasteiger partial charge in [0.2, 0.25) is 0 Å². The van der Waals surface area contributed by atoms with Crippen LogP contribution in [0.25, 0.3) is 0 Å². The van der Waals surface area contributed by atoms with E-state index in [4.69, 9.17) is 0 Å². The Morgan fingerprint density at radius 1 is 1.45 bits per heavy atom. The molecular formula is C9H18FN. The first kappa shape index (κ1) is 8.98. The van der Waals surface area contributed by atoms with Gasteiger partial charge >= 0.3 is 0 Å². The molecule has 0 aromatic heterocycles. The van der Waals surface area contributed by atoms with Crippen LogP contribution >= 0.6 is 0 Å². The maximum atomic E-state index is 12.8. The van der Waals surface area contributed by atoms with E-state index >= 15 is 0 Å². The molecule has 0 amide bonds. The van der Waals surface area contributed by atoms with Crippen LogP contribution in [0.15, 0.2) is 0 Å². The maximum absolute atomic E-state index is 12.8. The third-order valence-corrected chi connectivity index (χ3v) is 2.73. The minimum absolute atomic E-state index is 0.331. The first-order chi connectivity index (χ1) is 5.24. The molecule has 0 aliphatic carbocycles. The molecule has 2 heteroatoms. The van der Waals surface area contributed by atoms with Gasteiger partial charge in [-0.05, 0) is 45.3 Å². The lowest BCUT2D eigenvalue weighted by atomic mass is 9.93. The van der Waals surface area contributed by atoms with Gasteiger partial charge in [0.25, 0.3) is 0 Å². The van der Waals surface area contributed by atoms with Crippen molar-refractivity contribution in [2.24, 2.45) is 5.92 Å². The van der Waals surface area contributed by atoms with Crippen molar-refractivity contribution < 1.29 is 4.39 Å². The Kier molecular flexibility index (Phi) is 3.31. The molecule has 1 aliphatic heterocycles. The molecule has 0 N–H and O–H groups in total. The molecule has 1 aliphatic rings. The lowest BCUT2D eigenvalue weighted by Gasteiger charge is -2.31. The Hall–Kier alpha value is -0.110. The van der Waals surface area contributed by atoms with Gasteiger partial charge in [-0.1, -0.05) is 6.92 Å². The molecule has 1 atom stereocenters. The average Bonchev–Trinajstić information content (AvgIpc) is 2.05. The molecule has 0 aromatic rings. The fourth-order valence-corrected chi connectivity index (χ4v) is 1.73. The average molecular weight is 159 g/mol. The summed E-state index contributed by atoms with van der Waals surface area (Å²) in [4.78, 5) is 2.39. The lowest BCUT2D eigenvalue weighted by Crippen LogP contribution is -2.35. The maximum Gasteiger partial charge on any atom is 0.100 e. The quantitative estimate of drug-likeness (QED) is 0.596.